The molecule has 0 radical (unpaired) electrons. The largest absolute Gasteiger partial charge is 0.313 e. The third kappa shape index (κ3) is 5.80. The first-order valence-corrected chi connectivity index (χ1v) is 11.6. The molecule has 10 heteroatoms. The van der Waals surface area contributed by atoms with E-state index in [2.05, 4.69) is 14.8 Å². The summed E-state index contributed by atoms with van der Waals surface area (Å²) >= 11 is 1.17. The predicted octanol–water partition coefficient (Wildman–Crippen LogP) is 0.260. The van der Waals surface area contributed by atoms with Crippen LogP contribution in [0.25, 0.3) is 0 Å². The molecule has 1 fully saturated rings. The monoisotopic (exact) mass is 381 g/mol. The Kier molecular flexibility index (Phi) is 6.57. The van der Waals surface area contributed by atoms with Gasteiger partial charge in [0.15, 0.2) is 0 Å². The van der Waals surface area contributed by atoms with Gasteiger partial charge in [-0.05, 0) is 44.9 Å². The Morgan fingerprint density at radius 2 is 2.04 bits per heavy atom. The van der Waals surface area contributed by atoms with Gasteiger partial charge in [0.1, 0.15) is 4.21 Å². The molecule has 1 saturated heterocycles. The number of hydrogen-bond acceptors (Lipinski definition) is 6. The average Bonchev–Trinajstić information content (AvgIpc) is 3.17. The minimum Gasteiger partial charge on any atom is -0.313 e. The van der Waals surface area contributed by atoms with E-state index in [0.29, 0.717) is 13.0 Å². The zero-order valence-electron chi connectivity index (χ0n) is 13.0. The lowest BCUT2D eigenvalue weighted by atomic mass is 10.2. The van der Waals surface area contributed by atoms with Gasteiger partial charge in [-0.25, -0.2) is 26.3 Å². The van der Waals surface area contributed by atoms with Crippen molar-refractivity contribution in [1.29, 1.82) is 0 Å². The molecule has 0 aromatic carbocycles. The van der Waals surface area contributed by atoms with E-state index in [-0.39, 0.29) is 22.5 Å². The second-order valence-corrected chi connectivity index (χ2v) is 10.7. The number of nitrogens with one attached hydrogen (secondary N) is 3. The van der Waals surface area contributed by atoms with Crippen LogP contribution in [0.4, 0.5) is 0 Å². The summed E-state index contributed by atoms with van der Waals surface area (Å²) in [4.78, 5) is 0.836. The second kappa shape index (κ2) is 8.04. The maximum Gasteiger partial charge on any atom is 0.250 e. The first-order chi connectivity index (χ1) is 10.8. The summed E-state index contributed by atoms with van der Waals surface area (Å²) in [7, 11) is -6.71. The lowest BCUT2D eigenvalue weighted by Gasteiger charge is -2.10. The van der Waals surface area contributed by atoms with E-state index in [1.54, 1.807) is 19.1 Å². The Hall–Kier alpha value is -0.520. The van der Waals surface area contributed by atoms with Gasteiger partial charge in [0, 0.05) is 24.0 Å². The van der Waals surface area contributed by atoms with Crippen LogP contribution < -0.4 is 14.8 Å². The summed E-state index contributed by atoms with van der Waals surface area (Å²) in [6, 6.07) is 3.50. The normalized spacial score (nSPS) is 19.3. The topological polar surface area (TPSA) is 104 Å². The minimum absolute atomic E-state index is 0.0379. The van der Waals surface area contributed by atoms with E-state index in [0.717, 1.165) is 24.3 Å². The van der Waals surface area contributed by atoms with Crippen LogP contribution in [0.3, 0.4) is 0 Å². The van der Waals surface area contributed by atoms with E-state index < -0.39 is 20.0 Å². The van der Waals surface area contributed by atoms with Crippen molar-refractivity contribution < 1.29 is 16.8 Å². The van der Waals surface area contributed by atoms with Crippen LogP contribution in [0.1, 0.15) is 24.6 Å². The molecular weight excluding hydrogens is 358 g/mol. The quantitative estimate of drug-likeness (QED) is 0.569. The molecule has 0 aliphatic carbocycles. The smallest absolute Gasteiger partial charge is 0.250 e. The molecule has 7 nitrogen and oxygen atoms in total. The highest BCUT2D eigenvalue weighted by molar-refractivity contribution is 7.91. The highest BCUT2D eigenvalue weighted by atomic mass is 32.2. The molecule has 1 atom stereocenters. The maximum atomic E-state index is 12.2. The predicted molar refractivity (Wildman–Crippen MR) is 91.7 cm³/mol. The second-order valence-electron chi connectivity index (χ2n) is 5.41. The van der Waals surface area contributed by atoms with E-state index in [4.69, 9.17) is 0 Å². The zero-order valence-corrected chi connectivity index (χ0v) is 15.5. The molecule has 1 unspecified atom stereocenters. The van der Waals surface area contributed by atoms with Crippen molar-refractivity contribution in [1.82, 2.24) is 14.8 Å². The van der Waals surface area contributed by atoms with E-state index in [1.165, 1.54) is 11.3 Å². The molecule has 2 rings (SSSR count). The van der Waals surface area contributed by atoms with Crippen molar-refractivity contribution in [2.24, 2.45) is 0 Å². The molecular formula is C13H23N3O4S3. The first kappa shape index (κ1) is 18.8. The molecule has 0 saturated carbocycles. The Morgan fingerprint density at radius 3 is 2.70 bits per heavy atom. The van der Waals surface area contributed by atoms with Gasteiger partial charge in [-0.2, -0.15) is 0 Å². The summed E-state index contributed by atoms with van der Waals surface area (Å²) in [5.74, 6) is 0.0379. The standard InChI is InChI=1S/C13H23N3O4S3/c1-2-22(17,18)15-9-7-12-5-6-13(21-12)23(19,20)16-10-11-4-3-8-14-11/h5-6,11,14-16H,2-4,7-10H2,1H3. The molecule has 132 valence electrons. The number of sulfonamides is 2. The molecule has 1 aliphatic rings. The highest BCUT2D eigenvalue weighted by Gasteiger charge is 2.20. The minimum atomic E-state index is -3.50. The number of hydrogen-bond donors (Lipinski definition) is 3. The molecule has 1 aromatic rings. The lowest BCUT2D eigenvalue weighted by Crippen LogP contribution is -2.36. The molecule has 1 aromatic heterocycles. The number of rotatable bonds is 9. The van der Waals surface area contributed by atoms with E-state index in [9.17, 15) is 16.8 Å². The molecule has 1 aliphatic heterocycles. The van der Waals surface area contributed by atoms with Gasteiger partial charge < -0.3 is 5.32 Å². The number of thiophene rings is 1. The van der Waals surface area contributed by atoms with Crippen molar-refractivity contribution in [3.8, 4) is 0 Å². The molecule has 2 heterocycles. The Balaban J connectivity index is 1.87. The summed E-state index contributed by atoms with van der Waals surface area (Å²) in [6.45, 7) is 3.17. The molecule has 23 heavy (non-hydrogen) atoms. The first-order valence-electron chi connectivity index (χ1n) is 7.61. The Labute approximate surface area is 142 Å². The molecule has 0 amide bonds. The fourth-order valence-electron chi connectivity index (χ4n) is 2.28. The Morgan fingerprint density at radius 1 is 1.26 bits per heavy atom. The van der Waals surface area contributed by atoms with Gasteiger partial charge >= 0.3 is 0 Å². The van der Waals surface area contributed by atoms with Crippen molar-refractivity contribution in [2.45, 2.75) is 36.4 Å². The van der Waals surface area contributed by atoms with Gasteiger partial charge in [0.05, 0.1) is 5.75 Å². The van der Waals surface area contributed by atoms with Crippen LogP contribution >= 0.6 is 11.3 Å². The third-order valence-corrected chi connectivity index (χ3v) is 8.12. The average molecular weight is 382 g/mol. The van der Waals surface area contributed by atoms with Crippen LogP contribution in [-0.4, -0.2) is 48.3 Å². The van der Waals surface area contributed by atoms with E-state index in [1.807, 2.05) is 0 Å². The zero-order chi connectivity index (χ0) is 16.9. The van der Waals surface area contributed by atoms with Gasteiger partial charge in [-0.1, -0.05) is 0 Å². The van der Waals surface area contributed by atoms with Crippen LogP contribution in [-0.2, 0) is 26.5 Å². The van der Waals surface area contributed by atoms with Crippen LogP contribution in [0.5, 0.6) is 0 Å². The summed E-state index contributed by atoms with van der Waals surface area (Å²) in [6.07, 6.45) is 2.53. The van der Waals surface area contributed by atoms with E-state index >= 15 is 0 Å². The highest BCUT2D eigenvalue weighted by Crippen LogP contribution is 2.22. The van der Waals surface area contributed by atoms with Gasteiger partial charge in [-0.15, -0.1) is 11.3 Å². The van der Waals surface area contributed by atoms with Crippen LogP contribution in [0, 0.1) is 0 Å². The molecule has 3 N–H and O–H groups in total. The van der Waals surface area contributed by atoms with Crippen LogP contribution in [0.2, 0.25) is 0 Å². The van der Waals surface area contributed by atoms with Crippen molar-refractivity contribution in [3.63, 3.8) is 0 Å². The molecule has 0 spiro atoms. The van der Waals surface area contributed by atoms with Crippen molar-refractivity contribution in [2.75, 3.05) is 25.4 Å². The summed E-state index contributed by atoms with van der Waals surface area (Å²) < 4.78 is 52.5. The SMILES string of the molecule is CCS(=O)(=O)NCCc1ccc(S(=O)(=O)NCC2CCCN2)s1. The third-order valence-electron chi connectivity index (χ3n) is 3.66. The lowest BCUT2D eigenvalue weighted by molar-refractivity contribution is 0.553. The van der Waals surface area contributed by atoms with Gasteiger partial charge in [-0.3, -0.25) is 0 Å². The maximum absolute atomic E-state index is 12.2. The fourth-order valence-corrected chi connectivity index (χ4v) is 5.38. The summed E-state index contributed by atoms with van der Waals surface area (Å²) in [5, 5.41) is 3.24. The van der Waals surface area contributed by atoms with Crippen molar-refractivity contribution in [3.05, 3.63) is 17.0 Å². The van der Waals surface area contributed by atoms with Crippen LogP contribution in [0.15, 0.2) is 16.3 Å². The van der Waals surface area contributed by atoms with Gasteiger partial charge in [0.2, 0.25) is 20.0 Å². The fraction of sp³-hybridized carbons (Fsp3) is 0.692. The molecule has 0 bridgehead atoms. The van der Waals surface area contributed by atoms with Gasteiger partial charge in [0.25, 0.3) is 0 Å². The van der Waals surface area contributed by atoms with Crippen molar-refractivity contribution >= 4 is 31.4 Å². The Bertz CT molecular complexity index is 707. The summed E-state index contributed by atoms with van der Waals surface area (Å²) in [5.41, 5.74) is 0.